The van der Waals surface area contributed by atoms with Crippen molar-refractivity contribution in [1.29, 1.82) is 0 Å². The minimum absolute atomic E-state index is 0.249. The normalized spacial score (nSPS) is 10.3. The Labute approximate surface area is 123 Å². The molecule has 0 N–H and O–H groups in total. The average Bonchev–Trinajstić information content (AvgIpc) is 2.49. The smallest absolute Gasteiger partial charge is 0.165 e. The molecule has 0 aliphatic heterocycles. The number of hydrogen-bond acceptors (Lipinski definition) is 2. The zero-order valence-corrected chi connectivity index (χ0v) is 11.8. The van der Waals surface area contributed by atoms with Crippen LogP contribution < -0.4 is 9.47 Å². The largest absolute Gasteiger partial charge is 0.493 e. The van der Waals surface area contributed by atoms with Crippen LogP contribution in [0.4, 0.5) is 4.39 Å². The van der Waals surface area contributed by atoms with Crippen molar-refractivity contribution in [3.8, 4) is 11.5 Å². The Kier molecular flexibility index (Phi) is 5.69. The molecular weight excluding hydrogens is 279 g/mol. The topological polar surface area (TPSA) is 18.5 Å². The van der Waals surface area contributed by atoms with Crippen LogP contribution in [0.1, 0.15) is 12.0 Å². The van der Waals surface area contributed by atoms with Crippen LogP contribution >= 0.6 is 11.6 Å². The number of rotatable bonds is 7. The number of hydrogen-bond donors (Lipinski definition) is 0. The minimum atomic E-state index is -0.382. The Morgan fingerprint density at radius 2 is 1.70 bits per heavy atom. The van der Waals surface area contributed by atoms with Gasteiger partial charge in [0.1, 0.15) is 5.75 Å². The molecule has 0 heterocycles. The van der Waals surface area contributed by atoms with E-state index in [0.29, 0.717) is 25.5 Å². The van der Waals surface area contributed by atoms with Crippen molar-refractivity contribution in [2.45, 2.75) is 12.3 Å². The van der Waals surface area contributed by atoms with Crippen LogP contribution in [0.2, 0.25) is 0 Å². The van der Waals surface area contributed by atoms with Gasteiger partial charge in [-0.2, -0.15) is 0 Å². The third kappa shape index (κ3) is 4.42. The molecule has 0 spiro atoms. The van der Waals surface area contributed by atoms with Crippen molar-refractivity contribution in [1.82, 2.24) is 0 Å². The molecular formula is C16H16ClFO2. The Bertz CT molecular complexity index is 531. The maximum atomic E-state index is 13.6. The third-order valence-electron chi connectivity index (χ3n) is 2.71. The van der Waals surface area contributed by atoms with Gasteiger partial charge in [0.05, 0.1) is 13.2 Å². The van der Waals surface area contributed by atoms with Crippen molar-refractivity contribution in [3.05, 3.63) is 59.9 Å². The highest BCUT2D eigenvalue weighted by Crippen LogP contribution is 2.19. The first-order valence-corrected chi connectivity index (χ1v) is 6.98. The van der Waals surface area contributed by atoms with E-state index in [1.165, 1.54) is 6.07 Å². The second-order valence-corrected chi connectivity index (χ2v) is 4.53. The molecule has 2 aromatic rings. The van der Waals surface area contributed by atoms with E-state index in [0.717, 1.165) is 11.3 Å². The first-order valence-electron chi connectivity index (χ1n) is 6.44. The molecule has 4 heteroatoms. The van der Waals surface area contributed by atoms with E-state index in [9.17, 15) is 4.39 Å². The zero-order chi connectivity index (χ0) is 14.2. The van der Waals surface area contributed by atoms with Crippen molar-refractivity contribution < 1.29 is 13.9 Å². The Hall–Kier alpha value is -1.74. The van der Waals surface area contributed by atoms with Gasteiger partial charge in [0.25, 0.3) is 0 Å². The van der Waals surface area contributed by atoms with Crippen LogP contribution in [0.15, 0.2) is 48.5 Å². The lowest BCUT2D eigenvalue weighted by Gasteiger charge is -2.09. The summed E-state index contributed by atoms with van der Waals surface area (Å²) in [5.74, 6) is 0.984. The number of para-hydroxylation sites is 1. The van der Waals surface area contributed by atoms with Crippen LogP contribution in [-0.4, -0.2) is 13.2 Å². The summed E-state index contributed by atoms with van der Waals surface area (Å²) in [5.41, 5.74) is 0.740. The van der Waals surface area contributed by atoms with E-state index in [2.05, 4.69) is 0 Å². The first kappa shape index (κ1) is 14.7. The first-order chi connectivity index (χ1) is 9.79. The van der Waals surface area contributed by atoms with Crippen molar-refractivity contribution in [2.24, 2.45) is 0 Å². The summed E-state index contributed by atoms with van der Waals surface area (Å²) in [6, 6.07) is 14.3. The fourth-order valence-electron chi connectivity index (χ4n) is 1.69. The van der Waals surface area contributed by atoms with E-state index in [1.54, 1.807) is 12.1 Å². The van der Waals surface area contributed by atoms with E-state index < -0.39 is 0 Å². The summed E-state index contributed by atoms with van der Waals surface area (Å²) >= 11 is 5.63. The molecule has 20 heavy (non-hydrogen) atoms. The molecule has 0 aliphatic carbocycles. The lowest BCUT2D eigenvalue weighted by molar-refractivity contribution is 0.241. The molecule has 2 nitrogen and oxygen atoms in total. The van der Waals surface area contributed by atoms with E-state index in [4.69, 9.17) is 21.1 Å². The van der Waals surface area contributed by atoms with Crippen LogP contribution in [0.5, 0.6) is 11.5 Å². The summed E-state index contributed by atoms with van der Waals surface area (Å²) in [5, 5.41) is 0. The van der Waals surface area contributed by atoms with Gasteiger partial charge < -0.3 is 9.47 Å². The van der Waals surface area contributed by atoms with Crippen molar-refractivity contribution in [3.63, 3.8) is 0 Å². The molecule has 0 unspecified atom stereocenters. The number of ether oxygens (including phenoxy) is 2. The van der Waals surface area contributed by atoms with Gasteiger partial charge in [0, 0.05) is 12.3 Å². The highest BCUT2D eigenvalue weighted by molar-refractivity contribution is 6.17. The van der Waals surface area contributed by atoms with Crippen molar-refractivity contribution >= 4 is 11.6 Å². The van der Waals surface area contributed by atoms with Crippen LogP contribution in [-0.2, 0) is 5.88 Å². The van der Waals surface area contributed by atoms with Crippen molar-refractivity contribution in [2.75, 3.05) is 13.2 Å². The predicted octanol–water partition coefficient (Wildman–Crippen LogP) is 4.41. The standard InChI is InChI=1S/C16H16ClFO2/c17-12-13-7-8-16(15(18)11-13)20-10-4-9-19-14-5-2-1-3-6-14/h1-3,5-8,11H,4,9-10,12H2. The second kappa shape index (κ2) is 7.75. The summed E-state index contributed by atoms with van der Waals surface area (Å²) in [6.45, 7) is 0.940. The molecule has 2 aromatic carbocycles. The summed E-state index contributed by atoms with van der Waals surface area (Å²) in [6.07, 6.45) is 0.686. The molecule has 0 aliphatic rings. The van der Waals surface area contributed by atoms with Gasteiger partial charge in [-0.25, -0.2) is 4.39 Å². The molecule has 0 radical (unpaired) electrons. The lowest BCUT2D eigenvalue weighted by atomic mass is 10.2. The molecule has 0 fully saturated rings. The average molecular weight is 295 g/mol. The Morgan fingerprint density at radius 1 is 0.950 bits per heavy atom. The second-order valence-electron chi connectivity index (χ2n) is 4.26. The maximum Gasteiger partial charge on any atom is 0.165 e. The fraction of sp³-hybridized carbons (Fsp3) is 0.250. The summed E-state index contributed by atoms with van der Waals surface area (Å²) < 4.78 is 24.5. The Morgan fingerprint density at radius 3 is 2.40 bits per heavy atom. The predicted molar refractivity (Wildman–Crippen MR) is 78.0 cm³/mol. The molecule has 2 rings (SSSR count). The zero-order valence-electron chi connectivity index (χ0n) is 11.0. The molecule has 106 valence electrons. The number of benzene rings is 2. The molecule has 0 aromatic heterocycles. The monoisotopic (exact) mass is 294 g/mol. The maximum absolute atomic E-state index is 13.6. The molecule has 0 saturated carbocycles. The summed E-state index contributed by atoms with van der Waals surface area (Å²) in [4.78, 5) is 0. The van der Waals surface area contributed by atoms with Crippen LogP contribution in [0.3, 0.4) is 0 Å². The molecule has 0 saturated heterocycles. The number of halogens is 2. The fourth-order valence-corrected chi connectivity index (χ4v) is 1.86. The van der Waals surface area contributed by atoms with Gasteiger partial charge in [0.15, 0.2) is 11.6 Å². The van der Waals surface area contributed by atoms with Gasteiger partial charge in [-0.15, -0.1) is 11.6 Å². The lowest BCUT2D eigenvalue weighted by Crippen LogP contribution is -2.05. The van der Waals surface area contributed by atoms with Crippen LogP contribution in [0, 0.1) is 5.82 Å². The van der Waals surface area contributed by atoms with Gasteiger partial charge in [0.2, 0.25) is 0 Å². The van der Waals surface area contributed by atoms with Gasteiger partial charge in [-0.1, -0.05) is 24.3 Å². The quantitative estimate of drug-likeness (QED) is 0.556. The SMILES string of the molecule is Fc1cc(CCl)ccc1OCCCOc1ccccc1. The molecule has 0 bridgehead atoms. The number of alkyl halides is 1. The Balaban J connectivity index is 1.71. The highest BCUT2D eigenvalue weighted by atomic mass is 35.5. The highest BCUT2D eigenvalue weighted by Gasteiger charge is 2.04. The third-order valence-corrected chi connectivity index (χ3v) is 3.02. The van der Waals surface area contributed by atoms with Crippen LogP contribution in [0.25, 0.3) is 0 Å². The molecule has 0 amide bonds. The van der Waals surface area contributed by atoms with E-state index >= 15 is 0 Å². The molecule has 0 atom stereocenters. The van der Waals surface area contributed by atoms with E-state index in [-0.39, 0.29) is 11.6 Å². The van der Waals surface area contributed by atoms with Gasteiger partial charge in [-0.05, 0) is 29.8 Å². The van der Waals surface area contributed by atoms with Gasteiger partial charge in [-0.3, -0.25) is 0 Å². The van der Waals surface area contributed by atoms with E-state index in [1.807, 2.05) is 30.3 Å². The van der Waals surface area contributed by atoms with Gasteiger partial charge >= 0.3 is 0 Å². The minimum Gasteiger partial charge on any atom is -0.493 e. The summed E-state index contributed by atoms with van der Waals surface area (Å²) in [7, 11) is 0.